The molecule has 2 N–H and O–H groups in total. The Morgan fingerprint density at radius 2 is 2.35 bits per heavy atom. The van der Waals surface area contributed by atoms with E-state index in [4.69, 9.17) is 0 Å². The van der Waals surface area contributed by atoms with Crippen molar-refractivity contribution in [1.29, 1.82) is 0 Å². The molecule has 0 bridgehead atoms. The normalized spacial score (nSPS) is 15.4. The van der Waals surface area contributed by atoms with Gasteiger partial charge in [0.1, 0.15) is 5.69 Å². The van der Waals surface area contributed by atoms with Crippen LogP contribution in [-0.4, -0.2) is 45.8 Å². The number of nitrogens with one attached hydrogen (secondary N) is 2. The molecular formula is C10H11N3O3S. The van der Waals surface area contributed by atoms with E-state index in [0.717, 1.165) is 16.7 Å². The number of hydrogen-bond donors (Lipinski definition) is 2. The Labute approximate surface area is 102 Å². The third-order valence-electron chi connectivity index (χ3n) is 2.30. The number of H-pyrrole nitrogens is 1. The zero-order chi connectivity index (χ0) is 12.3. The van der Waals surface area contributed by atoms with Gasteiger partial charge in [0.25, 0.3) is 11.1 Å². The fraction of sp³-hybridized carbons (Fsp3) is 0.300. The van der Waals surface area contributed by atoms with Crippen LogP contribution in [0.3, 0.4) is 0 Å². The van der Waals surface area contributed by atoms with Gasteiger partial charge in [0, 0.05) is 19.3 Å². The molecule has 0 spiro atoms. The molecule has 0 radical (unpaired) electrons. The van der Waals surface area contributed by atoms with Crippen molar-refractivity contribution in [3.8, 4) is 0 Å². The molecule has 1 saturated heterocycles. The number of hydrogen-bond acceptors (Lipinski definition) is 4. The summed E-state index contributed by atoms with van der Waals surface area (Å²) in [6.07, 6.45) is 1.65. The second-order valence-electron chi connectivity index (χ2n) is 3.44. The number of thioether (sulfide) groups is 1. The first kappa shape index (κ1) is 11.7. The fourth-order valence-electron chi connectivity index (χ4n) is 1.45. The molecule has 1 aliphatic rings. The largest absolute Gasteiger partial charge is 0.357 e. The monoisotopic (exact) mass is 253 g/mol. The summed E-state index contributed by atoms with van der Waals surface area (Å²) in [5, 5.41) is 2.38. The van der Waals surface area contributed by atoms with Crippen LogP contribution in [0.1, 0.15) is 10.5 Å². The average Bonchev–Trinajstić information content (AvgIpc) is 2.93. The SMILES string of the molecule is O=C(NCCN1C(=O)CSC1=O)c1ccc[nH]1. The van der Waals surface area contributed by atoms with Crippen molar-refractivity contribution < 1.29 is 14.4 Å². The van der Waals surface area contributed by atoms with Crippen LogP contribution in [0.15, 0.2) is 18.3 Å². The van der Waals surface area contributed by atoms with Crippen molar-refractivity contribution in [2.24, 2.45) is 0 Å². The van der Waals surface area contributed by atoms with Crippen molar-refractivity contribution >= 4 is 28.8 Å². The molecule has 0 aliphatic carbocycles. The molecule has 0 atom stereocenters. The fourth-order valence-corrected chi connectivity index (χ4v) is 2.20. The first-order chi connectivity index (χ1) is 8.18. The minimum atomic E-state index is -0.248. The van der Waals surface area contributed by atoms with E-state index >= 15 is 0 Å². The summed E-state index contributed by atoms with van der Waals surface area (Å²) >= 11 is 0.989. The summed E-state index contributed by atoms with van der Waals surface area (Å²) in [6, 6.07) is 3.37. The van der Waals surface area contributed by atoms with Crippen molar-refractivity contribution in [3.63, 3.8) is 0 Å². The van der Waals surface area contributed by atoms with E-state index in [1.54, 1.807) is 18.3 Å². The third kappa shape index (κ3) is 2.68. The third-order valence-corrected chi connectivity index (χ3v) is 3.16. The Kier molecular flexibility index (Phi) is 3.48. The van der Waals surface area contributed by atoms with Gasteiger partial charge in [-0.05, 0) is 12.1 Å². The Hall–Kier alpha value is -1.76. The maximum absolute atomic E-state index is 11.5. The molecule has 1 fully saturated rings. The number of amides is 3. The maximum atomic E-state index is 11.5. The average molecular weight is 253 g/mol. The number of carbonyl (C=O) groups is 3. The Morgan fingerprint density at radius 1 is 1.53 bits per heavy atom. The van der Waals surface area contributed by atoms with Gasteiger partial charge in [0.15, 0.2) is 0 Å². The highest BCUT2D eigenvalue weighted by Crippen LogP contribution is 2.17. The molecule has 0 aromatic carbocycles. The van der Waals surface area contributed by atoms with Gasteiger partial charge in [-0.15, -0.1) is 0 Å². The number of rotatable bonds is 4. The molecule has 2 heterocycles. The van der Waals surface area contributed by atoms with Crippen LogP contribution in [-0.2, 0) is 4.79 Å². The lowest BCUT2D eigenvalue weighted by Crippen LogP contribution is -2.37. The molecule has 1 aromatic rings. The Bertz CT molecular complexity index is 428. The molecule has 6 nitrogen and oxygen atoms in total. The smallest absolute Gasteiger partial charge is 0.288 e. The van der Waals surface area contributed by atoms with Crippen LogP contribution in [0, 0.1) is 0 Å². The highest BCUT2D eigenvalue weighted by Gasteiger charge is 2.29. The summed E-state index contributed by atoms with van der Waals surface area (Å²) < 4.78 is 0. The topological polar surface area (TPSA) is 82.3 Å². The lowest BCUT2D eigenvalue weighted by molar-refractivity contribution is -0.124. The second kappa shape index (κ2) is 5.05. The molecule has 2 rings (SSSR count). The summed E-state index contributed by atoms with van der Waals surface area (Å²) in [7, 11) is 0. The van der Waals surface area contributed by atoms with Crippen LogP contribution >= 0.6 is 11.8 Å². The molecule has 0 unspecified atom stereocenters. The standard InChI is InChI=1S/C10H11N3O3S/c14-8-6-17-10(16)13(8)5-4-12-9(15)7-2-1-3-11-7/h1-3,11H,4-6H2,(H,12,15). The van der Waals surface area contributed by atoms with Gasteiger partial charge in [-0.1, -0.05) is 11.8 Å². The summed E-state index contributed by atoms with van der Waals surface area (Å²) in [4.78, 5) is 37.9. The summed E-state index contributed by atoms with van der Waals surface area (Å²) in [5.41, 5.74) is 0.457. The van der Waals surface area contributed by atoms with Crippen molar-refractivity contribution in [2.45, 2.75) is 0 Å². The van der Waals surface area contributed by atoms with E-state index in [1.165, 1.54) is 0 Å². The van der Waals surface area contributed by atoms with Gasteiger partial charge in [0.2, 0.25) is 5.91 Å². The minimum Gasteiger partial charge on any atom is -0.357 e. The highest BCUT2D eigenvalue weighted by molar-refractivity contribution is 8.14. The van der Waals surface area contributed by atoms with E-state index in [1.807, 2.05) is 0 Å². The number of nitrogens with zero attached hydrogens (tertiary/aromatic N) is 1. The number of carbonyl (C=O) groups excluding carboxylic acids is 3. The van der Waals surface area contributed by atoms with Crippen molar-refractivity contribution in [1.82, 2.24) is 15.2 Å². The first-order valence-electron chi connectivity index (χ1n) is 5.07. The van der Waals surface area contributed by atoms with Crippen LogP contribution in [0.25, 0.3) is 0 Å². The number of aromatic amines is 1. The summed E-state index contributed by atoms with van der Waals surface area (Å²) in [6.45, 7) is 0.479. The van der Waals surface area contributed by atoms with Crippen LogP contribution in [0.2, 0.25) is 0 Å². The lowest BCUT2D eigenvalue weighted by Gasteiger charge is -2.12. The van der Waals surface area contributed by atoms with Gasteiger partial charge in [0.05, 0.1) is 5.75 Å². The maximum Gasteiger partial charge on any atom is 0.288 e. The highest BCUT2D eigenvalue weighted by atomic mass is 32.2. The van der Waals surface area contributed by atoms with Crippen LogP contribution in [0.5, 0.6) is 0 Å². The van der Waals surface area contributed by atoms with Gasteiger partial charge < -0.3 is 10.3 Å². The van der Waals surface area contributed by atoms with E-state index in [2.05, 4.69) is 10.3 Å². The van der Waals surface area contributed by atoms with E-state index in [0.29, 0.717) is 5.69 Å². The van der Waals surface area contributed by atoms with Gasteiger partial charge in [-0.3, -0.25) is 19.3 Å². The molecule has 90 valence electrons. The molecule has 0 saturated carbocycles. The van der Waals surface area contributed by atoms with Gasteiger partial charge in [-0.25, -0.2) is 0 Å². The second-order valence-corrected chi connectivity index (χ2v) is 4.37. The van der Waals surface area contributed by atoms with Crippen LogP contribution in [0.4, 0.5) is 4.79 Å². The Balaban J connectivity index is 1.78. The van der Waals surface area contributed by atoms with E-state index in [-0.39, 0.29) is 35.9 Å². The number of aromatic nitrogens is 1. The zero-order valence-corrected chi connectivity index (χ0v) is 9.75. The molecule has 1 aromatic heterocycles. The summed E-state index contributed by atoms with van der Waals surface area (Å²) in [5.74, 6) is -0.250. The van der Waals surface area contributed by atoms with Crippen molar-refractivity contribution in [3.05, 3.63) is 24.0 Å². The molecule has 17 heavy (non-hydrogen) atoms. The molecular weight excluding hydrogens is 242 g/mol. The predicted molar refractivity (Wildman–Crippen MR) is 62.7 cm³/mol. The van der Waals surface area contributed by atoms with Crippen molar-refractivity contribution in [2.75, 3.05) is 18.8 Å². The lowest BCUT2D eigenvalue weighted by atomic mass is 10.4. The van der Waals surface area contributed by atoms with Gasteiger partial charge >= 0.3 is 0 Å². The zero-order valence-electron chi connectivity index (χ0n) is 8.93. The van der Waals surface area contributed by atoms with Gasteiger partial charge in [-0.2, -0.15) is 0 Å². The molecule has 3 amide bonds. The van der Waals surface area contributed by atoms with Crippen LogP contribution < -0.4 is 5.32 Å². The first-order valence-corrected chi connectivity index (χ1v) is 6.06. The predicted octanol–water partition coefficient (Wildman–Crippen LogP) is 0.440. The number of imide groups is 1. The van der Waals surface area contributed by atoms with E-state index in [9.17, 15) is 14.4 Å². The Morgan fingerprint density at radius 3 is 2.94 bits per heavy atom. The van der Waals surface area contributed by atoms with E-state index < -0.39 is 0 Å². The quantitative estimate of drug-likeness (QED) is 0.815. The molecule has 7 heteroatoms. The molecule has 1 aliphatic heterocycles. The minimum absolute atomic E-state index is 0.198.